The highest BCUT2D eigenvalue weighted by Gasteiger charge is 2.03. The van der Waals surface area contributed by atoms with Crippen LogP contribution in [0.5, 0.6) is 0 Å². The van der Waals surface area contributed by atoms with Crippen molar-refractivity contribution in [2.75, 3.05) is 38.7 Å². The standard InChI is InChI=1S/C16H29N5O.HI/c1-4-17-16(21-14(2)13-22-3)20-12-8-7-11-19-15-9-5-6-10-18-15;/h5-6,9-10,14H,4,7-8,11-13H2,1-3H3,(H,18,19)(H2,17,20,21);1H. The molecule has 0 saturated carbocycles. The first-order chi connectivity index (χ1) is 10.8. The van der Waals surface area contributed by atoms with Crippen LogP contribution in [0.15, 0.2) is 29.4 Å². The molecule has 6 nitrogen and oxygen atoms in total. The summed E-state index contributed by atoms with van der Waals surface area (Å²) in [5, 5.41) is 9.87. The molecule has 0 aliphatic heterocycles. The fourth-order valence-corrected chi connectivity index (χ4v) is 1.96. The molecule has 1 unspecified atom stereocenters. The van der Waals surface area contributed by atoms with Crippen molar-refractivity contribution in [1.82, 2.24) is 15.6 Å². The fraction of sp³-hybridized carbons (Fsp3) is 0.625. The predicted octanol–water partition coefficient (Wildman–Crippen LogP) is 2.48. The summed E-state index contributed by atoms with van der Waals surface area (Å²) < 4.78 is 5.12. The van der Waals surface area contributed by atoms with Gasteiger partial charge < -0.3 is 20.7 Å². The van der Waals surface area contributed by atoms with Crippen LogP contribution in [0.4, 0.5) is 5.82 Å². The van der Waals surface area contributed by atoms with Crippen LogP contribution in [0.1, 0.15) is 26.7 Å². The van der Waals surface area contributed by atoms with Gasteiger partial charge in [0.15, 0.2) is 5.96 Å². The van der Waals surface area contributed by atoms with Crippen LogP contribution in [-0.4, -0.2) is 50.3 Å². The van der Waals surface area contributed by atoms with Gasteiger partial charge >= 0.3 is 0 Å². The van der Waals surface area contributed by atoms with Crippen molar-refractivity contribution < 1.29 is 4.74 Å². The average Bonchev–Trinajstić information content (AvgIpc) is 2.52. The van der Waals surface area contributed by atoms with Crippen LogP contribution in [-0.2, 0) is 4.74 Å². The largest absolute Gasteiger partial charge is 0.383 e. The van der Waals surface area contributed by atoms with E-state index < -0.39 is 0 Å². The number of nitrogens with zero attached hydrogens (tertiary/aromatic N) is 2. The molecular formula is C16H30IN5O. The molecule has 0 bridgehead atoms. The summed E-state index contributed by atoms with van der Waals surface area (Å²) in [4.78, 5) is 8.80. The van der Waals surface area contributed by atoms with Crippen molar-refractivity contribution in [3.8, 4) is 0 Å². The summed E-state index contributed by atoms with van der Waals surface area (Å²) >= 11 is 0. The number of nitrogens with one attached hydrogen (secondary N) is 3. The van der Waals surface area contributed by atoms with Crippen molar-refractivity contribution in [3.05, 3.63) is 24.4 Å². The van der Waals surface area contributed by atoms with E-state index >= 15 is 0 Å². The minimum absolute atomic E-state index is 0. The number of ether oxygens (including phenoxy) is 1. The van der Waals surface area contributed by atoms with E-state index in [2.05, 4.69) is 39.8 Å². The van der Waals surface area contributed by atoms with Crippen LogP contribution in [0.25, 0.3) is 0 Å². The highest BCUT2D eigenvalue weighted by atomic mass is 127. The Morgan fingerprint density at radius 3 is 2.83 bits per heavy atom. The topological polar surface area (TPSA) is 70.6 Å². The summed E-state index contributed by atoms with van der Waals surface area (Å²) in [5.74, 6) is 1.78. The number of unbranched alkanes of at least 4 members (excludes halogenated alkanes) is 1. The van der Waals surface area contributed by atoms with E-state index in [1.807, 2.05) is 18.2 Å². The summed E-state index contributed by atoms with van der Waals surface area (Å²) in [6.45, 7) is 7.38. The van der Waals surface area contributed by atoms with Gasteiger partial charge in [0.2, 0.25) is 0 Å². The second-order valence-corrected chi connectivity index (χ2v) is 5.11. The van der Waals surface area contributed by atoms with E-state index in [4.69, 9.17) is 4.74 Å². The van der Waals surface area contributed by atoms with Crippen molar-refractivity contribution in [3.63, 3.8) is 0 Å². The molecule has 1 aromatic heterocycles. The molecule has 1 atom stereocenters. The number of guanidine groups is 1. The lowest BCUT2D eigenvalue weighted by molar-refractivity contribution is 0.179. The maximum absolute atomic E-state index is 5.12. The van der Waals surface area contributed by atoms with Gasteiger partial charge in [-0.15, -0.1) is 24.0 Å². The molecule has 7 heteroatoms. The van der Waals surface area contributed by atoms with E-state index in [0.717, 1.165) is 44.3 Å². The van der Waals surface area contributed by atoms with Gasteiger partial charge in [-0.2, -0.15) is 0 Å². The van der Waals surface area contributed by atoms with Crippen molar-refractivity contribution in [2.45, 2.75) is 32.7 Å². The molecule has 3 N–H and O–H groups in total. The Kier molecular flexibility index (Phi) is 13.8. The number of aromatic nitrogens is 1. The Bertz CT molecular complexity index is 416. The second kappa shape index (κ2) is 14.5. The van der Waals surface area contributed by atoms with E-state index in [9.17, 15) is 0 Å². The lowest BCUT2D eigenvalue weighted by atomic mass is 10.3. The molecule has 0 aliphatic rings. The number of methoxy groups -OCH3 is 1. The van der Waals surface area contributed by atoms with Gasteiger partial charge in [0.05, 0.1) is 6.61 Å². The molecule has 0 spiro atoms. The molecule has 1 rings (SSSR count). The van der Waals surface area contributed by atoms with E-state index in [-0.39, 0.29) is 30.0 Å². The van der Waals surface area contributed by atoms with Crippen molar-refractivity contribution in [1.29, 1.82) is 0 Å². The fourth-order valence-electron chi connectivity index (χ4n) is 1.96. The molecule has 0 aromatic carbocycles. The number of hydrogen-bond donors (Lipinski definition) is 3. The Hall–Kier alpha value is -1.09. The van der Waals surface area contributed by atoms with Gasteiger partial charge in [0.25, 0.3) is 0 Å². The minimum atomic E-state index is 0. The first kappa shape index (κ1) is 21.9. The lowest BCUT2D eigenvalue weighted by Gasteiger charge is -2.16. The Balaban J connectivity index is 0.00000484. The number of pyridine rings is 1. The van der Waals surface area contributed by atoms with Gasteiger partial charge in [-0.1, -0.05) is 6.07 Å². The van der Waals surface area contributed by atoms with Crippen LogP contribution < -0.4 is 16.0 Å². The van der Waals surface area contributed by atoms with Gasteiger partial charge in [-0.25, -0.2) is 4.98 Å². The van der Waals surface area contributed by atoms with Crippen molar-refractivity contribution >= 4 is 35.8 Å². The lowest BCUT2D eigenvalue weighted by Crippen LogP contribution is -2.44. The van der Waals surface area contributed by atoms with Crippen LogP contribution in [0.3, 0.4) is 0 Å². The highest BCUT2D eigenvalue weighted by molar-refractivity contribution is 14.0. The zero-order valence-electron chi connectivity index (χ0n) is 14.3. The number of halogens is 1. The summed E-state index contributed by atoms with van der Waals surface area (Å²) in [7, 11) is 1.71. The first-order valence-electron chi connectivity index (χ1n) is 7.95. The van der Waals surface area contributed by atoms with E-state index in [1.54, 1.807) is 13.3 Å². The molecule has 1 heterocycles. The zero-order chi connectivity index (χ0) is 16.0. The predicted molar refractivity (Wildman–Crippen MR) is 108 cm³/mol. The van der Waals surface area contributed by atoms with E-state index in [0.29, 0.717) is 6.61 Å². The number of rotatable bonds is 10. The number of hydrogen-bond acceptors (Lipinski definition) is 4. The van der Waals surface area contributed by atoms with Crippen LogP contribution in [0.2, 0.25) is 0 Å². The third-order valence-electron chi connectivity index (χ3n) is 2.97. The first-order valence-corrected chi connectivity index (χ1v) is 7.95. The maximum atomic E-state index is 5.12. The van der Waals surface area contributed by atoms with Gasteiger partial charge in [0.1, 0.15) is 5.82 Å². The third-order valence-corrected chi connectivity index (χ3v) is 2.97. The average molecular weight is 435 g/mol. The zero-order valence-corrected chi connectivity index (χ0v) is 16.7. The highest BCUT2D eigenvalue weighted by Crippen LogP contribution is 2.00. The summed E-state index contributed by atoms with van der Waals surface area (Å²) in [6.07, 6.45) is 3.89. The third kappa shape index (κ3) is 11.1. The van der Waals surface area contributed by atoms with Crippen LogP contribution in [0, 0.1) is 0 Å². The molecule has 1 aromatic rings. The molecule has 132 valence electrons. The summed E-state index contributed by atoms with van der Waals surface area (Å²) in [6, 6.07) is 6.12. The van der Waals surface area contributed by atoms with Gasteiger partial charge in [-0.05, 0) is 38.8 Å². The Labute approximate surface area is 156 Å². The maximum Gasteiger partial charge on any atom is 0.191 e. The molecule has 0 aliphatic carbocycles. The minimum Gasteiger partial charge on any atom is -0.383 e. The molecule has 0 amide bonds. The smallest absolute Gasteiger partial charge is 0.191 e. The second-order valence-electron chi connectivity index (χ2n) is 5.11. The van der Waals surface area contributed by atoms with E-state index in [1.165, 1.54) is 0 Å². The number of anilines is 1. The van der Waals surface area contributed by atoms with Gasteiger partial charge in [-0.3, -0.25) is 4.99 Å². The van der Waals surface area contributed by atoms with Gasteiger partial charge in [0, 0.05) is 39.0 Å². The Morgan fingerprint density at radius 2 is 2.17 bits per heavy atom. The molecular weight excluding hydrogens is 405 g/mol. The molecule has 23 heavy (non-hydrogen) atoms. The van der Waals surface area contributed by atoms with Crippen LogP contribution >= 0.6 is 24.0 Å². The monoisotopic (exact) mass is 435 g/mol. The molecule has 0 fully saturated rings. The Morgan fingerprint density at radius 1 is 1.35 bits per heavy atom. The SMILES string of the molecule is CCNC(=NCCCCNc1ccccn1)NC(C)COC.I. The molecule has 0 radical (unpaired) electrons. The number of aliphatic imine (C=N–C) groups is 1. The molecule has 0 saturated heterocycles. The quantitative estimate of drug-likeness (QED) is 0.228. The summed E-state index contributed by atoms with van der Waals surface area (Å²) in [5.41, 5.74) is 0. The normalized spacial score (nSPS) is 12.2. The van der Waals surface area contributed by atoms with Crippen molar-refractivity contribution in [2.24, 2.45) is 4.99 Å².